The van der Waals surface area contributed by atoms with Gasteiger partial charge in [-0.05, 0) is 39.7 Å². The maximum absolute atomic E-state index is 11.6. The van der Waals surface area contributed by atoms with Gasteiger partial charge in [0, 0.05) is 18.2 Å². The molecule has 1 aliphatic rings. The van der Waals surface area contributed by atoms with Crippen molar-refractivity contribution in [3.63, 3.8) is 0 Å². The van der Waals surface area contributed by atoms with Crippen molar-refractivity contribution in [2.75, 3.05) is 13.1 Å². The topological polar surface area (TPSA) is 62.7 Å². The first kappa shape index (κ1) is 16.3. The van der Waals surface area contributed by atoms with Crippen LogP contribution in [0.15, 0.2) is 29.3 Å². The molecular formula is C17H25N3O2. The maximum atomic E-state index is 11.6. The standard InChI is InChI=1S/C17H25N3O2/c1-12-11-19-15(20-12)14-7-5-13(6-8-14)9-10-18-16(21)22-17(2,3)4/h5-8,12H,9-11H2,1-4H3,(H,18,21)(H,19,20)/t12-/m0/s1. The molecule has 0 saturated carbocycles. The van der Waals surface area contributed by atoms with Gasteiger partial charge in [-0.25, -0.2) is 4.79 Å². The van der Waals surface area contributed by atoms with Crippen molar-refractivity contribution in [3.8, 4) is 0 Å². The van der Waals surface area contributed by atoms with Crippen LogP contribution < -0.4 is 10.6 Å². The quantitative estimate of drug-likeness (QED) is 0.898. The van der Waals surface area contributed by atoms with Gasteiger partial charge in [0.15, 0.2) is 0 Å². The molecule has 1 aromatic carbocycles. The van der Waals surface area contributed by atoms with Crippen molar-refractivity contribution in [1.82, 2.24) is 10.6 Å². The van der Waals surface area contributed by atoms with Crippen molar-refractivity contribution >= 4 is 11.9 Å². The lowest BCUT2D eigenvalue weighted by Crippen LogP contribution is -2.33. The van der Waals surface area contributed by atoms with Crippen LogP contribution in [0.4, 0.5) is 4.79 Å². The molecule has 0 bridgehead atoms. The minimum Gasteiger partial charge on any atom is -0.444 e. The summed E-state index contributed by atoms with van der Waals surface area (Å²) >= 11 is 0. The van der Waals surface area contributed by atoms with Crippen LogP contribution in [0.25, 0.3) is 0 Å². The largest absolute Gasteiger partial charge is 0.444 e. The lowest BCUT2D eigenvalue weighted by Gasteiger charge is -2.19. The van der Waals surface area contributed by atoms with Gasteiger partial charge >= 0.3 is 6.09 Å². The molecule has 0 saturated heterocycles. The van der Waals surface area contributed by atoms with E-state index in [-0.39, 0.29) is 6.09 Å². The van der Waals surface area contributed by atoms with E-state index in [1.54, 1.807) is 0 Å². The Hall–Kier alpha value is -2.04. The van der Waals surface area contributed by atoms with Gasteiger partial charge < -0.3 is 15.4 Å². The first-order chi connectivity index (χ1) is 10.3. The van der Waals surface area contributed by atoms with E-state index in [1.807, 2.05) is 20.8 Å². The van der Waals surface area contributed by atoms with Crippen molar-refractivity contribution in [2.45, 2.75) is 45.8 Å². The number of amidine groups is 1. The van der Waals surface area contributed by atoms with Crippen LogP contribution in [0.1, 0.15) is 38.8 Å². The van der Waals surface area contributed by atoms with Crippen LogP contribution in [0, 0.1) is 0 Å². The first-order valence-electron chi connectivity index (χ1n) is 7.70. The summed E-state index contributed by atoms with van der Waals surface area (Å²) in [5.74, 6) is 0.964. The molecule has 0 spiro atoms. The predicted molar refractivity (Wildman–Crippen MR) is 88.4 cm³/mol. The Labute approximate surface area is 132 Å². The van der Waals surface area contributed by atoms with E-state index in [0.717, 1.165) is 24.4 Å². The summed E-state index contributed by atoms with van der Waals surface area (Å²) in [5, 5.41) is 6.11. The molecular weight excluding hydrogens is 278 g/mol. The van der Waals surface area contributed by atoms with Crippen LogP contribution >= 0.6 is 0 Å². The molecule has 5 heteroatoms. The van der Waals surface area contributed by atoms with Crippen molar-refractivity contribution in [3.05, 3.63) is 35.4 Å². The minimum atomic E-state index is -0.460. The zero-order chi connectivity index (χ0) is 16.2. The normalized spacial score (nSPS) is 17.6. The average Bonchev–Trinajstić information content (AvgIpc) is 2.84. The van der Waals surface area contributed by atoms with Crippen molar-refractivity contribution in [2.24, 2.45) is 4.99 Å². The third kappa shape index (κ3) is 5.06. The summed E-state index contributed by atoms with van der Waals surface area (Å²) in [4.78, 5) is 16.0. The van der Waals surface area contributed by atoms with Crippen LogP contribution in [-0.2, 0) is 11.2 Å². The smallest absolute Gasteiger partial charge is 0.407 e. The summed E-state index contributed by atoms with van der Waals surface area (Å²) in [6.45, 7) is 9.07. The van der Waals surface area contributed by atoms with E-state index >= 15 is 0 Å². The number of ether oxygens (including phenoxy) is 1. The molecule has 5 nitrogen and oxygen atoms in total. The Morgan fingerprint density at radius 3 is 2.59 bits per heavy atom. The zero-order valence-electron chi connectivity index (χ0n) is 13.8. The van der Waals surface area contributed by atoms with Gasteiger partial charge in [-0.3, -0.25) is 4.99 Å². The first-order valence-corrected chi connectivity index (χ1v) is 7.70. The van der Waals surface area contributed by atoms with E-state index in [9.17, 15) is 4.79 Å². The molecule has 1 aliphatic heterocycles. The number of carbonyl (C=O) groups is 1. The fourth-order valence-corrected chi connectivity index (χ4v) is 2.18. The number of amides is 1. The second-order valence-electron chi connectivity index (χ2n) is 6.61. The Bertz CT molecular complexity index is 544. The van der Waals surface area contributed by atoms with Gasteiger partial charge in [0.25, 0.3) is 0 Å². The molecule has 1 amide bonds. The Morgan fingerprint density at radius 1 is 1.36 bits per heavy atom. The molecule has 0 fully saturated rings. The fourth-order valence-electron chi connectivity index (χ4n) is 2.18. The van der Waals surface area contributed by atoms with Gasteiger partial charge in [-0.1, -0.05) is 24.3 Å². The Balaban J connectivity index is 1.79. The number of nitrogens with one attached hydrogen (secondary N) is 2. The van der Waals surface area contributed by atoms with Gasteiger partial charge in [0.05, 0.1) is 6.54 Å². The van der Waals surface area contributed by atoms with E-state index in [1.165, 1.54) is 5.56 Å². The van der Waals surface area contributed by atoms with Gasteiger partial charge in [0.2, 0.25) is 0 Å². The number of benzene rings is 1. The number of carbonyl (C=O) groups excluding carboxylic acids is 1. The monoisotopic (exact) mass is 303 g/mol. The van der Waals surface area contributed by atoms with Gasteiger partial charge in [-0.15, -0.1) is 0 Å². The molecule has 2 N–H and O–H groups in total. The molecule has 120 valence electrons. The molecule has 0 unspecified atom stereocenters. The predicted octanol–water partition coefficient (Wildman–Crippen LogP) is 2.49. The maximum Gasteiger partial charge on any atom is 0.407 e. The molecule has 0 radical (unpaired) electrons. The summed E-state index contributed by atoms with van der Waals surface area (Å²) < 4.78 is 5.20. The summed E-state index contributed by atoms with van der Waals surface area (Å²) in [6.07, 6.45) is 0.401. The average molecular weight is 303 g/mol. The number of rotatable bonds is 4. The number of hydrogen-bond acceptors (Lipinski definition) is 4. The Morgan fingerprint density at radius 2 is 2.05 bits per heavy atom. The van der Waals surface area contributed by atoms with Crippen LogP contribution in [0.3, 0.4) is 0 Å². The van der Waals surface area contributed by atoms with Crippen LogP contribution in [0.5, 0.6) is 0 Å². The van der Waals surface area contributed by atoms with E-state index in [2.05, 4.69) is 46.8 Å². The number of hydrogen-bond donors (Lipinski definition) is 2. The third-order valence-corrected chi connectivity index (χ3v) is 3.22. The van der Waals surface area contributed by atoms with Gasteiger partial charge in [-0.2, -0.15) is 0 Å². The molecule has 1 aromatic rings. The highest BCUT2D eigenvalue weighted by Gasteiger charge is 2.16. The highest BCUT2D eigenvalue weighted by Crippen LogP contribution is 2.09. The fraction of sp³-hybridized carbons (Fsp3) is 0.529. The zero-order valence-corrected chi connectivity index (χ0v) is 13.8. The van der Waals surface area contributed by atoms with E-state index < -0.39 is 5.60 Å². The molecule has 0 aliphatic carbocycles. The van der Waals surface area contributed by atoms with Crippen LogP contribution in [0.2, 0.25) is 0 Å². The summed E-state index contributed by atoms with van der Waals surface area (Å²) in [5.41, 5.74) is 1.82. The number of alkyl carbamates (subject to hydrolysis) is 1. The second-order valence-corrected chi connectivity index (χ2v) is 6.61. The minimum absolute atomic E-state index is 0.373. The van der Waals surface area contributed by atoms with Crippen molar-refractivity contribution < 1.29 is 9.53 Å². The number of aliphatic imine (C=N–C) groups is 1. The van der Waals surface area contributed by atoms with Crippen LogP contribution in [-0.4, -0.2) is 36.7 Å². The summed E-state index contributed by atoms with van der Waals surface area (Å²) in [6, 6.07) is 8.67. The van der Waals surface area contributed by atoms with Crippen molar-refractivity contribution in [1.29, 1.82) is 0 Å². The SMILES string of the molecule is C[C@H]1CN=C(c2ccc(CCNC(=O)OC(C)(C)C)cc2)N1. The molecule has 22 heavy (non-hydrogen) atoms. The van der Waals surface area contributed by atoms with E-state index in [0.29, 0.717) is 12.6 Å². The van der Waals surface area contributed by atoms with E-state index in [4.69, 9.17) is 4.74 Å². The lowest BCUT2D eigenvalue weighted by atomic mass is 10.1. The second kappa shape index (κ2) is 6.81. The molecule has 2 rings (SSSR count). The van der Waals surface area contributed by atoms with Gasteiger partial charge in [0.1, 0.15) is 11.4 Å². The summed E-state index contributed by atoms with van der Waals surface area (Å²) in [7, 11) is 0. The Kier molecular flexibility index (Phi) is 5.06. The number of nitrogens with zero attached hydrogens (tertiary/aromatic N) is 1. The third-order valence-electron chi connectivity index (χ3n) is 3.22. The molecule has 1 heterocycles. The molecule has 0 aromatic heterocycles. The highest BCUT2D eigenvalue weighted by molar-refractivity contribution is 6.00. The molecule has 1 atom stereocenters. The highest BCUT2D eigenvalue weighted by atomic mass is 16.6. The lowest BCUT2D eigenvalue weighted by molar-refractivity contribution is 0.0528.